The molecule has 0 aliphatic carbocycles. The number of hydrogen-bond donors (Lipinski definition) is 11. The van der Waals surface area contributed by atoms with Crippen molar-refractivity contribution in [1.29, 1.82) is 5.41 Å². The minimum atomic E-state index is -1.46. The topological polar surface area (TPSA) is 407 Å². The predicted octanol–water partition coefficient (Wildman–Crippen LogP) is 6.74. The van der Waals surface area contributed by atoms with E-state index in [1.165, 1.54) is 0 Å². The lowest BCUT2D eigenvalue weighted by molar-refractivity contribution is -0.134. The smallest absolute Gasteiger partial charge is 0.407 e. The number of benzene rings is 5. The molecule has 0 saturated carbocycles. The first-order valence-corrected chi connectivity index (χ1v) is 37.7. The Morgan fingerprint density at radius 1 is 0.559 bits per heavy atom. The van der Waals surface area contributed by atoms with Gasteiger partial charge in [-0.15, -0.1) is 0 Å². The number of carbonyl (C=O) groups is 8. The van der Waals surface area contributed by atoms with Crippen molar-refractivity contribution in [2.45, 2.75) is 110 Å². The van der Waals surface area contributed by atoms with Crippen LogP contribution in [0, 0.1) is 11.3 Å². The van der Waals surface area contributed by atoms with E-state index in [4.69, 9.17) is 59.5 Å². The van der Waals surface area contributed by atoms with Crippen LogP contribution in [0.5, 0.6) is 0 Å². The SMILES string of the molecule is CCCCN/C(Cc1ccc(CNC(=O)OCc2ccc(NC(=O)[C@H](CCCNC(N)=O)NC(=O)[C@@H](NC(=O)[C@H](CNC(=O)CCOCCOCCOCCOCCOCCOCCOCCOC)NC(=O)CCC(=O)N3Cc4ccccc4/C=C\c4ccccc43)C(C)C)cc2)cc1)=C1\C(=N)C(N)=Nc2ccccc21. The molecule has 13 N–H and O–H groups in total. The number of anilines is 2. The minimum Gasteiger partial charge on any atom is -0.445 e. The molecule has 7 rings (SSSR count). The lowest BCUT2D eigenvalue weighted by Gasteiger charge is -2.28. The van der Waals surface area contributed by atoms with Gasteiger partial charge in [0, 0.05) is 81.5 Å². The Balaban J connectivity index is 0.893. The number of unbranched alkanes of at least 4 members (excludes halogenated alkanes) is 1. The molecule has 3 atom stereocenters. The number of nitrogens with two attached hydrogens (primary N) is 2. The van der Waals surface area contributed by atoms with Crippen LogP contribution in [0.2, 0.25) is 0 Å². The van der Waals surface area contributed by atoms with Gasteiger partial charge in [-0.25, -0.2) is 14.6 Å². The summed E-state index contributed by atoms with van der Waals surface area (Å²) in [6, 6.07) is 32.2. The maximum Gasteiger partial charge on any atom is 0.407 e. The van der Waals surface area contributed by atoms with E-state index in [0.717, 1.165) is 58.5 Å². The monoisotopic (exact) mass is 1540 g/mol. The number of hydrogen-bond acceptors (Lipinski definition) is 21. The van der Waals surface area contributed by atoms with Gasteiger partial charge >= 0.3 is 12.1 Å². The normalized spacial score (nSPS) is 13.8. The van der Waals surface area contributed by atoms with Crippen LogP contribution in [0.25, 0.3) is 17.7 Å². The molecule has 30 nitrogen and oxygen atoms in total. The number of aliphatic imine (C=N–C) groups is 1. The van der Waals surface area contributed by atoms with E-state index >= 15 is 0 Å². The van der Waals surface area contributed by atoms with Crippen molar-refractivity contribution in [3.63, 3.8) is 0 Å². The number of amides is 9. The van der Waals surface area contributed by atoms with E-state index in [2.05, 4.69) is 54.5 Å². The zero-order chi connectivity index (χ0) is 79.4. The molecule has 9 amide bonds. The highest BCUT2D eigenvalue weighted by molar-refractivity contribution is 6.58. The summed E-state index contributed by atoms with van der Waals surface area (Å²) in [5.74, 6) is -4.25. The molecule has 30 heteroatoms. The number of primary amides is 1. The van der Waals surface area contributed by atoms with Crippen molar-refractivity contribution < 1.29 is 81.0 Å². The number of allylic oxidation sites excluding steroid dienone is 1. The number of nitrogens with zero attached hydrogens (tertiary/aromatic N) is 2. The quantitative estimate of drug-likeness (QED) is 0.0179. The Morgan fingerprint density at radius 3 is 1.77 bits per heavy atom. The molecule has 2 aliphatic heterocycles. The molecule has 0 aromatic heterocycles. The van der Waals surface area contributed by atoms with E-state index in [0.29, 0.717) is 114 Å². The average Bonchev–Trinajstić information content (AvgIpc) is 0.794. The summed E-state index contributed by atoms with van der Waals surface area (Å²) >= 11 is 0. The van der Waals surface area contributed by atoms with Gasteiger partial charge in [0.05, 0.1) is 117 Å². The molecule has 0 bridgehead atoms. The molecular weight excluding hydrogens is 1430 g/mol. The Kier molecular flexibility index (Phi) is 39.3. The van der Waals surface area contributed by atoms with Crippen molar-refractivity contribution in [3.05, 3.63) is 166 Å². The fourth-order valence-corrected chi connectivity index (χ4v) is 11.5. The van der Waals surface area contributed by atoms with Gasteiger partial charge in [-0.2, -0.15) is 0 Å². The van der Waals surface area contributed by atoms with E-state index in [1.54, 1.807) is 50.1 Å². The van der Waals surface area contributed by atoms with Crippen molar-refractivity contribution in [3.8, 4) is 0 Å². The highest BCUT2D eigenvalue weighted by atomic mass is 16.6. The van der Waals surface area contributed by atoms with E-state index in [1.807, 2.05) is 109 Å². The number of urea groups is 1. The van der Waals surface area contributed by atoms with Crippen molar-refractivity contribution in [1.82, 2.24) is 37.2 Å². The minimum absolute atomic E-state index is 0.00267. The summed E-state index contributed by atoms with van der Waals surface area (Å²) in [7, 11) is 1.62. The lowest BCUT2D eigenvalue weighted by atomic mass is 9.91. The third-order valence-electron chi connectivity index (χ3n) is 17.6. The summed E-state index contributed by atoms with van der Waals surface area (Å²) in [5.41, 5.74) is 20.9. The van der Waals surface area contributed by atoms with Crippen molar-refractivity contribution in [2.24, 2.45) is 22.4 Å². The predicted molar refractivity (Wildman–Crippen MR) is 422 cm³/mol. The fourth-order valence-electron chi connectivity index (χ4n) is 11.5. The van der Waals surface area contributed by atoms with Crippen LogP contribution in [0.3, 0.4) is 0 Å². The number of carbonyl (C=O) groups excluding carboxylic acids is 8. The standard InChI is InChI=1S/C81H109N13O17/c1-5-6-34-85-67(73-64-17-10-11-18-65(64)91-76(83)74(73)82)51-57-21-23-58(24-22-57)52-88-81(102)111-55-59-25-29-63(30-26-59)89-77(98)66(19-13-35-86-80(84)101)92-79(100)75(56(2)3)93-78(99)68(90-71(96)31-32-72(97)94-54-62-16-8-7-14-60(62)27-28-61-15-9-12-20-69(61)94)53-87-70(95)33-36-104-39-40-106-43-44-108-47-48-110-50-49-109-46-45-107-42-41-105-38-37-103-4/h7-12,14-18,20-30,56,66,68,75,82,85H,5-6,13,19,31-55H2,1-4H3,(H2,83,91)(H,87,95)(H,88,102)(H,89,98)(H,90,96)(H,92,100)(H,93,99)(H3,84,86,101)/b28-27-,73-67-,82-74?/t66-,68-,75-/m0/s1. The molecule has 0 fully saturated rings. The molecular formula is C81H109N13O17. The molecule has 2 aliphatic rings. The van der Waals surface area contributed by atoms with Crippen LogP contribution in [0.4, 0.5) is 26.7 Å². The van der Waals surface area contributed by atoms with Crippen molar-refractivity contribution >= 4 is 93.9 Å². The Hall–Kier alpha value is -10.4. The summed E-state index contributed by atoms with van der Waals surface area (Å²) in [5, 5.41) is 31.4. The van der Waals surface area contributed by atoms with Crippen LogP contribution in [0.15, 0.2) is 132 Å². The summed E-state index contributed by atoms with van der Waals surface area (Å²) in [6.07, 6.45) is 5.20. The van der Waals surface area contributed by atoms with Crippen LogP contribution >= 0.6 is 0 Å². The zero-order valence-corrected chi connectivity index (χ0v) is 64.0. The number of para-hydroxylation sites is 2. The van der Waals surface area contributed by atoms with E-state index < -0.39 is 72.2 Å². The second-order valence-electron chi connectivity index (χ2n) is 26.4. The second kappa shape index (κ2) is 49.7. The number of fused-ring (bicyclic) bond motifs is 3. The third kappa shape index (κ3) is 31.8. The number of amidine groups is 1. The second-order valence-corrected chi connectivity index (χ2v) is 26.4. The first kappa shape index (κ1) is 87.8. The Morgan fingerprint density at radius 2 is 1.14 bits per heavy atom. The van der Waals surface area contributed by atoms with Gasteiger partial charge in [-0.1, -0.05) is 136 Å². The summed E-state index contributed by atoms with van der Waals surface area (Å²) < 4.78 is 49.1. The van der Waals surface area contributed by atoms with Gasteiger partial charge in [0.1, 0.15) is 36.3 Å². The number of nitrogens with one attached hydrogen (secondary N) is 9. The van der Waals surface area contributed by atoms with Crippen LogP contribution in [-0.4, -0.2) is 203 Å². The fraction of sp³-hybridized carbons (Fsp3) is 0.457. The first-order chi connectivity index (χ1) is 53.9. The zero-order valence-electron chi connectivity index (χ0n) is 64.0. The van der Waals surface area contributed by atoms with Gasteiger partial charge < -0.3 is 102 Å². The van der Waals surface area contributed by atoms with Crippen LogP contribution in [0.1, 0.15) is 105 Å². The van der Waals surface area contributed by atoms with Crippen LogP contribution < -0.4 is 58.9 Å². The molecule has 5 aromatic carbocycles. The number of alkyl carbamates (subject to hydrolysis) is 1. The Labute approximate surface area is 649 Å². The van der Waals surface area contributed by atoms with Crippen LogP contribution in [-0.2, 0) is 97.5 Å². The number of ether oxygens (including phenoxy) is 9. The molecule has 2 heterocycles. The molecule has 600 valence electrons. The largest absolute Gasteiger partial charge is 0.445 e. The van der Waals surface area contributed by atoms with Crippen molar-refractivity contribution in [2.75, 3.05) is 136 Å². The van der Waals surface area contributed by atoms with Gasteiger partial charge in [-0.3, -0.25) is 34.2 Å². The van der Waals surface area contributed by atoms with Gasteiger partial charge in [0.2, 0.25) is 35.4 Å². The molecule has 5 aromatic rings. The number of rotatable bonds is 51. The van der Waals surface area contributed by atoms with E-state index in [9.17, 15) is 38.4 Å². The highest BCUT2D eigenvalue weighted by Gasteiger charge is 2.33. The molecule has 0 spiro atoms. The first-order valence-electron chi connectivity index (χ1n) is 37.7. The average molecular weight is 1540 g/mol. The molecule has 111 heavy (non-hydrogen) atoms. The van der Waals surface area contributed by atoms with E-state index in [-0.39, 0.29) is 95.6 Å². The number of methoxy groups -OCH3 is 1. The molecule has 0 radical (unpaired) electrons. The van der Waals surface area contributed by atoms with Gasteiger partial charge in [0.15, 0.2) is 0 Å². The maximum atomic E-state index is 14.5. The summed E-state index contributed by atoms with van der Waals surface area (Å²) in [6.45, 7) is 11.7. The Bertz CT molecular complexity index is 3890. The van der Waals surface area contributed by atoms with Gasteiger partial charge in [-0.05, 0) is 82.8 Å². The summed E-state index contributed by atoms with van der Waals surface area (Å²) in [4.78, 5) is 115. The maximum absolute atomic E-state index is 14.5. The lowest BCUT2D eigenvalue weighted by Crippen LogP contribution is -2.59. The third-order valence-corrected chi connectivity index (χ3v) is 17.6. The highest BCUT2D eigenvalue weighted by Crippen LogP contribution is 2.34. The molecule has 0 unspecified atom stereocenters. The molecule has 0 saturated heterocycles. The van der Waals surface area contributed by atoms with Gasteiger partial charge in [0.25, 0.3) is 0 Å².